The van der Waals surface area contributed by atoms with Crippen molar-refractivity contribution in [1.29, 1.82) is 0 Å². The van der Waals surface area contributed by atoms with E-state index in [1.165, 1.54) is 6.26 Å². The Morgan fingerprint density at radius 2 is 2.41 bits per heavy atom. The molecule has 2 rings (SSSR count). The standard InChI is InChI=1S/C11H17N3O3/c1-3-14(8-5-12-6-8)11-13-9(7-17-11)10(15)16-4-2/h7-8,12H,3-6H2,1-2H3. The first-order chi connectivity index (χ1) is 8.26. The zero-order valence-electron chi connectivity index (χ0n) is 10.1. The maximum Gasteiger partial charge on any atom is 0.360 e. The molecule has 0 aliphatic carbocycles. The number of nitrogens with zero attached hydrogens (tertiary/aromatic N) is 2. The van der Waals surface area contributed by atoms with Crippen molar-refractivity contribution in [3.63, 3.8) is 0 Å². The second-order valence-electron chi connectivity index (χ2n) is 3.83. The van der Waals surface area contributed by atoms with Gasteiger partial charge in [-0.15, -0.1) is 0 Å². The fourth-order valence-electron chi connectivity index (χ4n) is 1.74. The highest BCUT2D eigenvalue weighted by atomic mass is 16.5. The average Bonchev–Trinajstić information content (AvgIpc) is 2.72. The van der Waals surface area contributed by atoms with E-state index in [0.717, 1.165) is 19.6 Å². The smallest absolute Gasteiger partial charge is 0.360 e. The lowest BCUT2D eigenvalue weighted by Crippen LogP contribution is -2.57. The molecule has 1 aliphatic rings. The summed E-state index contributed by atoms with van der Waals surface area (Å²) in [5.74, 6) is -0.440. The summed E-state index contributed by atoms with van der Waals surface area (Å²) in [6.07, 6.45) is 1.35. The Kier molecular flexibility index (Phi) is 3.63. The summed E-state index contributed by atoms with van der Waals surface area (Å²) in [5.41, 5.74) is 0.229. The first kappa shape index (κ1) is 11.9. The zero-order valence-corrected chi connectivity index (χ0v) is 10.1. The lowest BCUT2D eigenvalue weighted by atomic mass is 10.1. The van der Waals surface area contributed by atoms with Crippen LogP contribution in [0.5, 0.6) is 0 Å². The lowest BCUT2D eigenvalue weighted by molar-refractivity contribution is 0.0519. The number of hydrogen-bond acceptors (Lipinski definition) is 6. The van der Waals surface area contributed by atoms with Gasteiger partial charge in [-0.1, -0.05) is 0 Å². The second-order valence-corrected chi connectivity index (χ2v) is 3.83. The molecule has 1 fully saturated rings. The van der Waals surface area contributed by atoms with E-state index >= 15 is 0 Å². The number of nitrogens with one attached hydrogen (secondary N) is 1. The van der Waals surface area contributed by atoms with Gasteiger partial charge >= 0.3 is 5.97 Å². The number of oxazole rings is 1. The topological polar surface area (TPSA) is 67.6 Å². The van der Waals surface area contributed by atoms with Crippen LogP contribution in [0.3, 0.4) is 0 Å². The fraction of sp³-hybridized carbons (Fsp3) is 0.636. The van der Waals surface area contributed by atoms with E-state index in [1.54, 1.807) is 6.92 Å². The Hall–Kier alpha value is -1.56. The molecule has 1 aromatic rings. The third-order valence-corrected chi connectivity index (χ3v) is 2.76. The molecule has 0 radical (unpaired) electrons. The molecule has 1 saturated heterocycles. The summed E-state index contributed by atoms with van der Waals surface area (Å²) in [6.45, 7) is 6.78. The van der Waals surface area contributed by atoms with Crippen LogP contribution in [0.25, 0.3) is 0 Å². The number of likely N-dealkylation sites (N-methyl/N-ethyl adjacent to an activating group) is 1. The average molecular weight is 239 g/mol. The van der Waals surface area contributed by atoms with Crippen molar-refractivity contribution < 1.29 is 13.9 Å². The summed E-state index contributed by atoms with van der Waals surface area (Å²) < 4.78 is 10.2. The largest absolute Gasteiger partial charge is 0.461 e. The van der Waals surface area contributed by atoms with E-state index in [1.807, 2.05) is 11.8 Å². The van der Waals surface area contributed by atoms with Crippen molar-refractivity contribution in [2.24, 2.45) is 0 Å². The molecule has 2 heterocycles. The van der Waals surface area contributed by atoms with Crippen LogP contribution in [0.15, 0.2) is 10.7 Å². The van der Waals surface area contributed by atoms with Crippen molar-refractivity contribution in [3.8, 4) is 0 Å². The number of ether oxygens (including phenoxy) is 1. The van der Waals surface area contributed by atoms with E-state index < -0.39 is 5.97 Å². The van der Waals surface area contributed by atoms with E-state index in [0.29, 0.717) is 18.7 Å². The van der Waals surface area contributed by atoms with Gasteiger partial charge in [-0.3, -0.25) is 0 Å². The van der Waals surface area contributed by atoms with Crippen molar-refractivity contribution in [3.05, 3.63) is 12.0 Å². The van der Waals surface area contributed by atoms with E-state index in [-0.39, 0.29) is 5.69 Å². The molecule has 1 N–H and O–H groups in total. The zero-order chi connectivity index (χ0) is 12.3. The maximum atomic E-state index is 11.4. The van der Waals surface area contributed by atoms with Gasteiger partial charge in [-0.05, 0) is 13.8 Å². The van der Waals surface area contributed by atoms with Gasteiger partial charge in [-0.2, -0.15) is 4.98 Å². The molecule has 0 atom stereocenters. The number of aromatic nitrogens is 1. The number of carbonyl (C=O) groups excluding carboxylic acids is 1. The lowest BCUT2D eigenvalue weighted by Gasteiger charge is -2.36. The summed E-state index contributed by atoms with van der Waals surface area (Å²) in [7, 11) is 0. The summed E-state index contributed by atoms with van der Waals surface area (Å²) in [5, 5.41) is 3.19. The van der Waals surface area contributed by atoms with E-state index in [2.05, 4.69) is 10.3 Å². The summed E-state index contributed by atoms with van der Waals surface area (Å²) in [6, 6.07) is 0.885. The van der Waals surface area contributed by atoms with Crippen molar-refractivity contribution >= 4 is 12.0 Å². The fourth-order valence-corrected chi connectivity index (χ4v) is 1.74. The minimum Gasteiger partial charge on any atom is -0.461 e. The van der Waals surface area contributed by atoms with Crippen LogP contribution in [0.1, 0.15) is 24.3 Å². The highest BCUT2D eigenvalue weighted by Crippen LogP contribution is 2.18. The number of hydrogen-bond donors (Lipinski definition) is 1. The Bertz CT molecular complexity index is 387. The van der Waals surface area contributed by atoms with Crippen molar-refractivity contribution in [2.45, 2.75) is 19.9 Å². The Balaban J connectivity index is 2.07. The molecule has 1 aliphatic heterocycles. The number of esters is 1. The molecule has 6 nitrogen and oxygen atoms in total. The Labute approximate surface area is 99.9 Å². The van der Waals surface area contributed by atoms with Crippen LogP contribution in [0, 0.1) is 0 Å². The van der Waals surface area contributed by atoms with Crippen molar-refractivity contribution in [2.75, 3.05) is 31.1 Å². The van der Waals surface area contributed by atoms with Gasteiger partial charge in [0, 0.05) is 19.6 Å². The molecule has 0 unspecified atom stereocenters. The monoisotopic (exact) mass is 239 g/mol. The third-order valence-electron chi connectivity index (χ3n) is 2.76. The molecular weight excluding hydrogens is 222 g/mol. The van der Waals surface area contributed by atoms with Gasteiger partial charge in [0.25, 0.3) is 6.01 Å². The Morgan fingerprint density at radius 1 is 1.65 bits per heavy atom. The summed E-state index contributed by atoms with van der Waals surface area (Å²) >= 11 is 0. The highest BCUT2D eigenvalue weighted by Gasteiger charge is 2.27. The first-order valence-corrected chi connectivity index (χ1v) is 5.86. The van der Waals surface area contributed by atoms with Gasteiger partial charge in [-0.25, -0.2) is 4.79 Å². The summed E-state index contributed by atoms with van der Waals surface area (Å²) in [4.78, 5) is 17.6. The van der Waals surface area contributed by atoms with Crippen LogP contribution < -0.4 is 10.2 Å². The second kappa shape index (κ2) is 5.18. The van der Waals surface area contributed by atoms with Crippen LogP contribution >= 0.6 is 0 Å². The molecule has 0 amide bonds. The van der Waals surface area contributed by atoms with Gasteiger partial charge in [0.2, 0.25) is 0 Å². The Morgan fingerprint density at radius 3 is 2.94 bits per heavy atom. The maximum absolute atomic E-state index is 11.4. The van der Waals surface area contributed by atoms with Crippen LogP contribution in [0.2, 0.25) is 0 Å². The molecular formula is C11H17N3O3. The van der Waals surface area contributed by atoms with E-state index in [9.17, 15) is 4.79 Å². The molecule has 6 heteroatoms. The molecule has 0 saturated carbocycles. The quantitative estimate of drug-likeness (QED) is 0.761. The molecule has 94 valence electrons. The van der Waals surface area contributed by atoms with Crippen LogP contribution in [0.4, 0.5) is 6.01 Å². The number of anilines is 1. The number of carbonyl (C=O) groups is 1. The first-order valence-electron chi connectivity index (χ1n) is 5.86. The predicted molar refractivity (Wildman–Crippen MR) is 62.1 cm³/mol. The number of rotatable bonds is 5. The van der Waals surface area contributed by atoms with Crippen LogP contribution in [-0.4, -0.2) is 43.2 Å². The normalized spacial score (nSPS) is 15.4. The predicted octanol–water partition coefficient (Wildman–Crippen LogP) is 0.649. The van der Waals surface area contributed by atoms with Gasteiger partial charge < -0.3 is 19.4 Å². The minimum absolute atomic E-state index is 0.229. The van der Waals surface area contributed by atoms with Gasteiger partial charge in [0.05, 0.1) is 12.6 Å². The van der Waals surface area contributed by atoms with Gasteiger partial charge in [0.15, 0.2) is 5.69 Å². The van der Waals surface area contributed by atoms with Gasteiger partial charge in [0.1, 0.15) is 6.26 Å². The molecule has 0 spiro atoms. The molecule has 0 aromatic carbocycles. The third kappa shape index (κ3) is 2.41. The highest BCUT2D eigenvalue weighted by molar-refractivity contribution is 5.87. The van der Waals surface area contributed by atoms with E-state index in [4.69, 9.17) is 9.15 Å². The van der Waals surface area contributed by atoms with Crippen molar-refractivity contribution in [1.82, 2.24) is 10.3 Å². The molecule has 0 bridgehead atoms. The minimum atomic E-state index is -0.440. The molecule has 17 heavy (non-hydrogen) atoms. The molecule has 1 aromatic heterocycles. The SMILES string of the molecule is CCOC(=O)c1coc(N(CC)C2CNC2)n1. The van der Waals surface area contributed by atoms with Crippen LogP contribution in [-0.2, 0) is 4.74 Å².